The van der Waals surface area contributed by atoms with Crippen LogP contribution in [-0.2, 0) is 0 Å². The number of nitrogens with zero attached hydrogens (tertiary/aromatic N) is 5. The van der Waals surface area contributed by atoms with Crippen LogP contribution in [-0.4, -0.2) is 56.6 Å². The van der Waals surface area contributed by atoms with E-state index in [0.29, 0.717) is 23.0 Å². The second-order valence-electron chi connectivity index (χ2n) is 8.05. The van der Waals surface area contributed by atoms with Crippen molar-refractivity contribution in [1.29, 1.82) is 0 Å². The molecule has 3 N–H and O–H groups in total. The van der Waals surface area contributed by atoms with Gasteiger partial charge in [-0.25, -0.2) is 14.8 Å². The Kier molecular flexibility index (Phi) is 4.89. The molecular weight excluding hydrogens is 404 g/mol. The third-order valence-corrected chi connectivity index (χ3v) is 6.96. The van der Waals surface area contributed by atoms with Gasteiger partial charge >= 0.3 is 12.0 Å². The van der Waals surface area contributed by atoms with Gasteiger partial charge in [-0.2, -0.15) is 4.98 Å². The summed E-state index contributed by atoms with van der Waals surface area (Å²) >= 11 is 1.10. The highest BCUT2D eigenvalue weighted by Gasteiger charge is 2.43. The van der Waals surface area contributed by atoms with Gasteiger partial charge in [-0.15, -0.1) is 4.37 Å². The van der Waals surface area contributed by atoms with Crippen LogP contribution < -0.4 is 20.3 Å². The quantitative estimate of drug-likeness (QED) is 0.571. The summed E-state index contributed by atoms with van der Waals surface area (Å²) in [5, 5.41) is 7.32. The molecule has 30 heavy (non-hydrogen) atoms. The van der Waals surface area contributed by atoms with Gasteiger partial charge in [-0.1, -0.05) is 0 Å². The molecule has 3 heterocycles. The Morgan fingerprint density at radius 1 is 1.27 bits per heavy atom. The van der Waals surface area contributed by atoms with Crippen LogP contribution >= 0.6 is 11.5 Å². The molecule has 11 heteroatoms. The number of rotatable bonds is 5. The van der Waals surface area contributed by atoms with Crippen LogP contribution in [0.5, 0.6) is 6.01 Å². The number of aromatic amines is 1. The maximum absolute atomic E-state index is 12.3. The van der Waals surface area contributed by atoms with E-state index < -0.39 is 0 Å². The van der Waals surface area contributed by atoms with Gasteiger partial charge in [0.1, 0.15) is 17.8 Å². The topological polar surface area (TPSA) is 121 Å². The lowest BCUT2D eigenvalue weighted by atomic mass is 10.0. The summed E-state index contributed by atoms with van der Waals surface area (Å²) in [6, 6.07) is 2.71. The fourth-order valence-electron chi connectivity index (χ4n) is 4.99. The molecule has 0 aliphatic heterocycles. The Morgan fingerprint density at radius 3 is 2.80 bits per heavy atom. The van der Waals surface area contributed by atoms with E-state index >= 15 is 0 Å². The first kappa shape index (κ1) is 19.0. The van der Waals surface area contributed by atoms with Gasteiger partial charge in [-0.05, 0) is 43.6 Å². The van der Waals surface area contributed by atoms with Gasteiger partial charge in [0.25, 0.3) is 0 Å². The van der Waals surface area contributed by atoms with Crippen molar-refractivity contribution in [3.8, 4) is 6.01 Å². The van der Waals surface area contributed by atoms with Gasteiger partial charge in [0.15, 0.2) is 0 Å². The van der Waals surface area contributed by atoms with Gasteiger partial charge in [-0.3, -0.25) is 5.32 Å². The van der Waals surface area contributed by atoms with E-state index in [1.54, 1.807) is 6.33 Å². The average Bonchev–Trinajstić information content (AvgIpc) is 3.50. The number of urea groups is 1. The van der Waals surface area contributed by atoms with E-state index in [4.69, 9.17) is 4.74 Å². The van der Waals surface area contributed by atoms with Crippen LogP contribution in [0.4, 0.5) is 15.7 Å². The summed E-state index contributed by atoms with van der Waals surface area (Å²) in [5.74, 6) is 2.22. The maximum atomic E-state index is 12.3. The molecule has 0 radical (unpaired) electrons. The number of nitrogens with one attached hydrogen (secondary N) is 3. The van der Waals surface area contributed by atoms with Crippen molar-refractivity contribution in [1.82, 2.24) is 29.6 Å². The average molecular weight is 429 g/mol. The standard InChI is InChI=1S/C19H24N8O2S/c1-27(16-14-3-4-20-15(14)21-9-22-16)13-7-10-5-12(6-11(10)8-13)23-17(28)24-19-25-18(29-2)26-30-19/h3-4,9-13H,5-8H2,1-2H3,(H,20,21,22)(H2,23,24,25,26,28)/t10-,11?,12+,13-/m1/s1. The molecule has 4 atom stereocenters. The van der Waals surface area contributed by atoms with Crippen molar-refractivity contribution in [2.24, 2.45) is 11.8 Å². The minimum absolute atomic E-state index is 0.191. The summed E-state index contributed by atoms with van der Waals surface area (Å²) in [5.41, 5.74) is 0.869. The van der Waals surface area contributed by atoms with Crippen LogP contribution in [0.2, 0.25) is 0 Å². The lowest BCUT2D eigenvalue weighted by Crippen LogP contribution is -2.37. The lowest BCUT2D eigenvalue weighted by molar-refractivity contribution is 0.248. The molecule has 2 saturated carbocycles. The van der Waals surface area contributed by atoms with Gasteiger partial charge < -0.3 is 19.9 Å². The van der Waals surface area contributed by atoms with E-state index in [-0.39, 0.29) is 18.1 Å². The molecule has 10 nitrogen and oxygen atoms in total. The lowest BCUT2D eigenvalue weighted by Gasteiger charge is -2.27. The Morgan fingerprint density at radius 2 is 2.07 bits per heavy atom. The third-order valence-electron chi connectivity index (χ3n) is 6.35. The van der Waals surface area contributed by atoms with Crippen molar-refractivity contribution in [3.05, 3.63) is 18.6 Å². The summed E-state index contributed by atoms with van der Waals surface area (Å²) in [6.45, 7) is 0. The second kappa shape index (κ2) is 7.71. The zero-order chi connectivity index (χ0) is 20.7. The fraction of sp³-hybridized carbons (Fsp3) is 0.526. The van der Waals surface area contributed by atoms with Crippen LogP contribution in [0.1, 0.15) is 25.7 Å². The van der Waals surface area contributed by atoms with Gasteiger partial charge in [0.05, 0.1) is 12.5 Å². The zero-order valence-corrected chi connectivity index (χ0v) is 17.6. The number of fused-ring (bicyclic) bond motifs is 2. The number of aromatic nitrogens is 5. The molecule has 0 saturated heterocycles. The van der Waals surface area contributed by atoms with Crippen LogP contribution in [0.15, 0.2) is 18.6 Å². The molecule has 3 aromatic heterocycles. The maximum Gasteiger partial charge on any atom is 0.329 e. The van der Waals surface area contributed by atoms with Crippen molar-refractivity contribution in [2.45, 2.75) is 37.8 Å². The van der Waals surface area contributed by atoms with Crippen LogP contribution in [0.3, 0.4) is 0 Å². The third kappa shape index (κ3) is 3.53. The Balaban J connectivity index is 1.16. The summed E-state index contributed by atoms with van der Waals surface area (Å²) in [4.78, 5) is 30.6. The molecule has 1 unspecified atom stereocenters. The molecule has 2 aliphatic carbocycles. The highest BCUT2D eigenvalue weighted by atomic mass is 32.1. The number of hydrogen-bond donors (Lipinski definition) is 3. The van der Waals surface area contributed by atoms with Crippen LogP contribution in [0.25, 0.3) is 11.0 Å². The van der Waals surface area contributed by atoms with Crippen molar-refractivity contribution < 1.29 is 9.53 Å². The van der Waals surface area contributed by atoms with Crippen molar-refractivity contribution in [2.75, 3.05) is 24.4 Å². The number of carbonyl (C=O) groups is 1. The summed E-state index contributed by atoms with van der Waals surface area (Å²) in [7, 11) is 3.62. The normalized spacial score (nSPS) is 25.3. The molecule has 2 fully saturated rings. The minimum atomic E-state index is -0.233. The molecule has 0 aromatic carbocycles. The number of amides is 2. The number of carbonyl (C=O) groups excluding carboxylic acids is 1. The summed E-state index contributed by atoms with van der Waals surface area (Å²) in [6.07, 6.45) is 7.76. The van der Waals surface area contributed by atoms with Gasteiger partial charge in [0, 0.05) is 36.9 Å². The first-order valence-corrected chi connectivity index (χ1v) is 10.8. The second-order valence-corrected chi connectivity index (χ2v) is 8.80. The predicted octanol–water partition coefficient (Wildman–Crippen LogP) is 2.63. The van der Waals surface area contributed by atoms with E-state index in [1.807, 2.05) is 12.3 Å². The highest BCUT2D eigenvalue weighted by Crippen LogP contribution is 2.46. The van der Waals surface area contributed by atoms with Crippen LogP contribution in [0, 0.1) is 11.8 Å². The van der Waals surface area contributed by atoms with Crippen molar-refractivity contribution >= 4 is 39.5 Å². The Labute approximate surface area is 177 Å². The number of hydrogen-bond acceptors (Lipinski definition) is 8. The van der Waals surface area contributed by atoms with Crippen molar-refractivity contribution in [3.63, 3.8) is 0 Å². The first-order chi connectivity index (χ1) is 14.6. The number of methoxy groups -OCH3 is 1. The Bertz CT molecular complexity index is 1040. The largest absolute Gasteiger partial charge is 0.466 e. The Hall–Kier alpha value is -2.95. The predicted molar refractivity (Wildman–Crippen MR) is 114 cm³/mol. The monoisotopic (exact) mass is 428 g/mol. The first-order valence-electron chi connectivity index (χ1n) is 10.1. The fourth-order valence-corrected chi connectivity index (χ4v) is 5.53. The smallest absolute Gasteiger partial charge is 0.329 e. The van der Waals surface area contributed by atoms with Gasteiger partial charge in [0.2, 0.25) is 5.13 Å². The number of anilines is 2. The van der Waals surface area contributed by atoms with E-state index in [1.165, 1.54) is 7.11 Å². The molecular formula is C19H24N8O2S. The molecule has 2 amide bonds. The van der Waals surface area contributed by atoms with E-state index in [0.717, 1.165) is 54.1 Å². The van der Waals surface area contributed by atoms with E-state index in [9.17, 15) is 4.79 Å². The zero-order valence-electron chi connectivity index (χ0n) is 16.8. The molecule has 2 aliphatic rings. The molecule has 0 bridgehead atoms. The molecule has 158 valence electrons. The van der Waals surface area contributed by atoms with E-state index in [2.05, 4.69) is 46.9 Å². The highest BCUT2D eigenvalue weighted by molar-refractivity contribution is 7.10. The molecule has 0 spiro atoms. The molecule has 5 rings (SSSR count). The summed E-state index contributed by atoms with van der Waals surface area (Å²) < 4.78 is 8.92. The molecule has 3 aromatic rings. The SMILES string of the molecule is COc1nsc(NC(=O)N[C@@H]2CC3C[C@H](N(C)c4ncnc5[nH]ccc45)C[C@H]3C2)n1. The minimum Gasteiger partial charge on any atom is -0.466 e. The number of ether oxygens (including phenoxy) is 1. The number of H-pyrrole nitrogens is 1.